The zero-order valence-corrected chi connectivity index (χ0v) is 11.5. The van der Waals surface area contributed by atoms with Gasteiger partial charge < -0.3 is 5.73 Å². The molecule has 0 bridgehead atoms. The Labute approximate surface area is 103 Å². The van der Waals surface area contributed by atoms with Crippen molar-refractivity contribution in [1.82, 2.24) is 14.9 Å². The molecule has 0 amide bonds. The van der Waals surface area contributed by atoms with Gasteiger partial charge in [-0.15, -0.1) is 10.2 Å². The fourth-order valence-electron chi connectivity index (χ4n) is 0.905. The lowest BCUT2D eigenvalue weighted by atomic mass is 10.3. The molecule has 1 aromatic heterocycles. The van der Waals surface area contributed by atoms with Crippen LogP contribution in [0.15, 0.2) is 4.34 Å². The van der Waals surface area contributed by atoms with E-state index in [2.05, 4.69) is 14.9 Å². The van der Waals surface area contributed by atoms with E-state index >= 15 is 0 Å². The number of nitrogens with zero attached hydrogens (tertiary/aromatic N) is 2. The Morgan fingerprint density at radius 2 is 2.25 bits per heavy atom. The highest BCUT2D eigenvalue weighted by molar-refractivity contribution is 7.99. The monoisotopic (exact) mass is 282 g/mol. The van der Waals surface area contributed by atoms with Gasteiger partial charge in [0.2, 0.25) is 9.47 Å². The van der Waals surface area contributed by atoms with E-state index in [1.807, 2.05) is 13.2 Å². The van der Waals surface area contributed by atoms with Crippen LogP contribution in [-0.2, 0) is 10.0 Å². The van der Waals surface area contributed by atoms with Crippen LogP contribution in [0.4, 0.5) is 5.13 Å². The minimum Gasteiger partial charge on any atom is -0.374 e. The highest BCUT2D eigenvalue weighted by Gasteiger charge is 2.18. The third-order valence-corrected chi connectivity index (χ3v) is 5.52. The highest BCUT2D eigenvalue weighted by atomic mass is 32.2. The molecule has 3 N–H and O–H groups in total. The van der Waals surface area contributed by atoms with Gasteiger partial charge in [0.25, 0.3) is 10.0 Å². The van der Waals surface area contributed by atoms with Crippen LogP contribution >= 0.6 is 23.1 Å². The molecule has 1 rings (SSSR count). The average molecular weight is 282 g/mol. The van der Waals surface area contributed by atoms with Crippen molar-refractivity contribution in [3.05, 3.63) is 0 Å². The number of hydrogen-bond donors (Lipinski definition) is 2. The van der Waals surface area contributed by atoms with Gasteiger partial charge in [0.15, 0.2) is 0 Å². The van der Waals surface area contributed by atoms with E-state index in [1.165, 1.54) is 0 Å². The Kier molecular flexibility index (Phi) is 4.96. The van der Waals surface area contributed by atoms with Gasteiger partial charge >= 0.3 is 0 Å². The first-order valence-corrected chi connectivity index (χ1v) is 8.16. The second-order valence-electron chi connectivity index (χ2n) is 3.14. The van der Waals surface area contributed by atoms with E-state index in [9.17, 15) is 8.42 Å². The summed E-state index contributed by atoms with van der Waals surface area (Å²) >= 11 is 2.55. The molecule has 0 aliphatic heterocycles. The standard InChI is InChI=1S/C7H14N4O2S3/c1-5(14-2)3-4-9-16(12,13)7-11-10-6(8)15-7/h5,9H,3-4H2,1-2H3,(H2,8,10). The van der Waals surface area contributed by atoms with Gasteiger partial charge in [-0.25, -0.2) is 13.1 Å². The summed E-state index contributed by atoms with van der Waals surface area (Å²) in [5.41, 5.74) is 5.32. The number of nitrogens with two attached hydrogens (primary N) is 1. The molecule has 9 heteroatoms. The first-order chi connectivity index (χ1) is 7.45. The van der Waals surface area contributed by atoms with Crippen molar-refractivity contribution >= 4 is 38.3 Å². The average Bonchev–Trinajstić information content (AvgIpc) is 2.65. The zero-order chi connectivity index (χ0) is 12.2. The number of sulfonamides is 1. The van der Waals surface area contributed by atoms with Gasteiger partial charge in [-0.05, 0) is 12.7 Å². The van der Waals surface area contributed by atoms with Crippen LogP contribution in [0.5, 0.6) is 0 Å². The smallest absolute Gasteiger partial charge is 0.269 e. The molecule has 0 saturated carbocycles. The number of nitrogens with one attached hydrogen (secondary N) is 1. The summed E-state index contributed by atoms with van der Waals surface area (Å²) in [4.78, 5) is 0. The van der Waals surface area contributed by atoms with Gasteiger partial charge in [0.05, 0.1) is 0 Å². The summed E-state index contributed by atoms with van der Waals surface area (Å²) in [6.45, 7) is 2.44. The van der Waals surface area contributed by atoms with Crippen molar-refractivity contribution in [1.29, 1.82) is 0 Å². The topological polar surface area (TPSA) is 98.0 Å². The molecule has 0 fully saturated rings. The molecule has 6 nitrogen and oxygen atoms in total. The maximum atomic E-state index is 11.6. The van der Waals surface area contributed by atoms with Crippen molar-refractivity contribution < 1.29 is 8.42 Å². The molecule has 16 heavy (non-hydrogen) atoms. The molecular weight excluding hydrogens is 268 g/mol. The van der Waals surface area contributed by atoms with Crippen LogP contribution < -0.4 is 10.5 Å². The van der Waals surface area contributed by atoms with Crippen molar-refractivity contribution in [2.75, 3.05) is 18.5 Å². The third kappa shape index (κ3) is 3.89. The normalized spacial score (nSPS) is 13.9. The number of thioether (sulfide) groups is 1. The maximum absolute atomic E-state index is 11.6. The lowest BCUT2D eigenvalue weighted by Gasteiger charge is -2.07. The molecule has 0 saturated heterocycles. The van der Waals surface area contributed by atoms with Gasteiger partial charge in [-0.3, -0.25) is 0 Å². The number of nitrogen functional groups attached to an aromatic ring is 1. The largest absolute Gasteiger partial charge is 0.374 e. The Balaban J connectivity index is 2.53. The summed E-state index contributed by atoms with van der Waals surface area (Å²) in [6.07, 6.45) is 2.76. The molecule has 0 aliphatic carbocycles. The molecule has 1 heterocycles. The molecule has 0 aromatic carbocycles. The lowest BCUT2D eigenvalue weighted by molar-refractivity contribution is 0.577. The minimum atomic E-state index is -3.54. The molecule has 1 unspecified atom stereocenters. The third-order valence-electron chi connectivity index (χ3n) is 1.90. The number of aromatic nitrogens is 2. The van der Waals surface area contributed by atoms with Crippen molar-refractivity contribution in [3.8, 4) is 0 Å². The summed E-state index contributed by atoms with van der Waals surface area (Å²) in [5, 5.41) is 7.53. The van der Waals surface area contributed by atoms with Crippen LogP contribution in [0, 0.1) is 0 Å². The fourth-order valence-corrected chi connectivity index (χ4v) is 3.13. The summed E-state index contributed by atoms with van der Waals surface area (Å²) in [6, 6.07) is 0. The SMILES string of the molecule is CSC(C)CCNS(=O)(=O)c1nnc(N)s1. The van der Waals surface area contributed by atoms with Crippen LogP contribution in [0.2, 0.25) is 0 Å². The van der Waals surface area contributed by atoms with Crippen molar-refractivity contribution in [2.24, 2.45) is 0 Å². The minimum absolute atomic E-state index is 0.0817. The summed E-state index contributed by atoms with van der Waals surface area (Å²) in [5.74, 6) is 0. The van der Waals surface area contributed by atoms with Gasteiger partial charge in [0, 0.05) is 11.8 Å². The van der Waals surface area contributed by atoms with E-state index in [-0.39, 0.29) is 9.47 Å². The van der Waals surface area contributed by atoms with Gasteiger partial charge in [0.1, 0.15) is 0 Å². The first kappa shape index (κ1) is 13.7. The molecule has 0 radical (unpaired) electrons. The Morgan fingerprint density at radius 1 is 1.56 bits per heavy atom. The van der Waals surface area contributed by atoms with Crippen LogP contribution in [0.1, 0.15) is 13.3 Å². The Hall–Kier alpha value is -0.380. The highest BCUT2D eigenvalue weighted by Crippen LogP contribution is 2.16. The van der Waals surface area contributed by atoms with E-state index in [0.717, 1.165) is 17.8 Å². The van der Waals surface area contributed by atoms with Crippen LogP contribution in [0.25, 0.3) is 0 Å². The molecule has 92 valence electrons. The Morgan fingerprint density at radius 3 is 2.75 bits per heavy atom. The zero-order valence-electron chi connectivity index (χ0n) is 9.00. The maximum Gasteiger partial charge on any atom is 0.269 e. The van der Waals surface area contributed by atoms with E-state index in [1.54, 1.807) is 11.8 Å². The molecular formula is C7H14N4O2S3. The summed E-state index contributed by atoms with van der Waals surface area (Å²) in [7, 11) is -3.54. The van der Waals surface area contributed by atoms with Crippen molar-refractivity contribution in [3.63, 3.8) is 0 Å². The lowest BCUT2D eigenvalue weighted by Crippen LogP contribution is -2.26. The van der Waals surface area contributed by atoms with E-state index in [0.29, 0.717) is 11.8 Å². The summed E-state index contributed by atoms with van der Waals surface area (Å²) < 4.78 is 25.7. The first-order valence-electron chi connectivity index (χ1n) is 4.57. The molecule has 0 aliphatic rings. The van der Waals surface area contributed by atoms with Crippen LogP contribution in [-0.4, -0.2) is 36.7 Å². The Bertz CT molecular complexity index is 431. The van der Waals surface area contributed by atoms with Gasteiger partial charge in [-0.2, -0.15) is 11.8 Å². The molecule has 0 spiro atoms. The quantitative estimate of drug-likeness (QED) is 0.790. The molecule has 1 aromatic rings. The predicted molar refractivity (Wildman–Crippen MR) is 67.1 cm³/mol. The van der Waals surface area contributed by atoms with E-state index in [4.69, 9.17) is 5.73 Å². The second-order valence-corrected chi connectivity index (χ2v) is 7.36. The van der Waals surface area contributed by atoms with Gasteiger partial charge in [-0.1, -0.05) is 18.3 Å². The van der Waals surface area contributed by atoms with E-state index < -0.39 is 10.0 Å². The number of anilines is 1. The number of rotatable bonds is 6. The van der Waals surface area contributed by atoms with Crippen LogP contribution in [0.3, 0.4) is 0 Å². The fraction of sp³-hybridized carbons (Fsp3) is 0.714. The van der Waals surface area contributed by atoms with Crippen molar-refractivity contribution in [2.45, 2.75) is 22.9 Å². The molecule has 1 atom stereocenters. The second kappa shape index (κ2) is 5.80. The number of hydrogen-bond acceptors (Lipinski definition) is 7. The predicted octanol–water partition coefficient (Wildman–Crippen LogP) is 0.540.